The average Bonchev–Trinajstić information content (AvgIpc) is 2.98. The highest BCUT2D eigenvalue weighted by Crippen LogP contribution is 2.36. The molecule has 5 rings (SSSR count). The van der Waals surface area contributed by atoms with Gasteiger partial charge in [0.1, 0.15) is 0 Å². The summed E-state index contributed by atoms with van der Waals surface area (Å²) in [6.45, 7) is 7.63. The summed E-state index contributed by atoms with van der Waals surface area (Å²) in [6, 6.07) is 23.7. The van der Waals surface area contributed by atoms with Crippen LogP contribution in [0.1, 0.15) is 66.1 Å². The molecule has 1 atom stereocenters. The van der Waals surface area contributed by atoms with Crippen LogP contribution >= 0.6 is 0 Å². The van der Waals surface area contributed by atoms with Crippen molar-refractivity contribution < 1.29 is 14.3 Å². The van der Waals surface area contributed by atoms with Crippen LogP contribution in [-0.4, -0.2) is 42.4 Å². The van der Waals surface area contributed by atoms with E-state index in [1.807, 2.05) is 61.5 Å². The summed E-state index contributed by atoms with van der Waals surface area (Å²) < 4.78 is 6.04. The number of hydrogen-bond acceptors (Lipinski definition) is 4. The van der Waals surface area contributed by atoms with E-state index in [4.69, 9.17) is 4.74 Å². The molecule has 1 saturated heterocycles. The number of ether oxygens (including phenoxy) is 1. The number of carbonyl (C=O) groups is 2. The minimum absolute atomic E-state index is 0.0758. The van der Waals surface area contributed by atoms with Gasteiger partial charge in [-0.15, -0.1) is 0 Å². The van der Waals surface area contributed by atoms with Crippen LogP contribution < -0.4 is 15.0 Å². The molecule has 2 heterocycles. The second kappa shape index (κ2) is 13.0. The van der Waals surface area contributed by atoms with E-state index in [-0.39, 0.29) is 17.6 Å². The first-order valence-electron chi connectivity index (χ1n) is 14.5. The predicted molar refractivity (Wildman–Crippen MR) is 160 cm³/mol. The van der Waals surface area contributed by atoms with Crippen LogP contribution in [-0.2, 0) is 11.3 Å². The van der Waals surface area contributed by atoms with E-state index in [1.165, 1.54) is 32.2 Å². The Balaban J connectivity index is 1.22. The maximum absolute atomic E-state index is 13.5. The van der Waals surface area contributed by atoms with E-state index in [0.29, 0.717) is 30.4 Å². The molecule has 40 heavy (non-hydrogen) atoms. The van der Waals surface area contributed by atoms with Gasteiger partial charge in [-0.05, 0) is 80.6 Å². The molecule has 1 N–H and O–H groups in total. The first-order chi connectivity index (χ1) is 19.5. The van der Waals surface area contributed by atoms with Crippen molar-refractivity contribution in [1.29, 1.82) is 0 Å². The largest absolute Gasteiger partial charge is 0.449 e. The maximum Gasteiger partial charge on any atom is 0.294 e. The summed E-state index contributed by atoms with van der Waals surface area (Å²) >= 11 is 0. The Labute approximate surface area is 237 Å². The van der Waals surface area contributed by atoms with Crippen molar-refractivity contribution in [3.8, 4) is 5.75 Å². The summed E-state index contributed by atoms with van der Waals surface area (Å²) in [4.78, 5) is 30.6. The molecule has 3 aromatic rings. The zero-order valence-corrected chi connectivity index (χ0v) is 23.6. The summed E-state index contributed by atoms with van der Waals surface area (Å²) in [5.74, 6) is 0.632. The van der Waals surface area contributed by atoms with Crippen molar-refractivity contribution >= 4 is 23.6 Å². The number of rotatable bonds is 9. The number of benzene rings is 3. The molecule has 2 aliphatic rings. The van der Waals surface area contributed by atoms with Gasteiger partial charge in [-0.1, -0.05) is 67.4 Å². The highest BCUT2D eigenvalue weighted by molar-refractivity contribution is 6.09. The fourth-order valence-corrected chi connectivity index (χ4v) is 5.70. The van der Waals surface area contributed by atoms with Crippen molar-refractivity contribution in [2.45, 2.75) is 58.5 Å². The quantitative estimate of drug-likeness (QED) is 0.255. The highest BCUT2D eigenvalue weighted by atomic mass is 16.5. The number of para-hydroxylation sites is 2. The molecule has 6 nitrogen and oxygen atoms in total. The molecular weight excluding hydrogens is 498 g/mol. The second-order valence-corrected chi connectivity index (χ2v) is 10.8. The fourth-order valence-electron chi connectivity index (χ4n) is 5.70. The van der Waals surface area contributed by atoms with E-state index < -0.39 is 0 Å². The Morgan fingerprint density at radius 2 is 1.88 bits per heavy atom. The van der Waals surface area contributed by atoms with Crippen LogP contribution in [0.2, 0.25) is 0 Å². The summed E-state index contributed by atoms with van der Waals surface area (Å²) in [7, 11) is 0. The Morgan fingerprint density at radius 3 is 2.67 bits per heavy atom. The van der Waals surface area contributed by atoms with Gasteiger partial charge in [-0.2, -0.15) is 0 Å². The van der Waals surface area contributed by atoms with Crippen molar-refractivity contribution in [2.75, 3.05) is 24.5 Å². The third kappa shape index (κ3) is 6.62. The van der Waals surface area contributed by atoms with Gasteiger partial charge < -0.3 is 15.0 Å². The van der Waals surface area contributed by atoms with Gasteiger partial charge in [-0.3, -0.25) is 14.5 Å². The van der Waals surface area contributed by atoms with Crippen LogP contribution in [0.4, 0.5) is 5.69 Å². The molecule has 0 spiro atoms. The van der Waals surface area contributed by atoms with E-state index in [2.05, 4.69) is 23.2 Å². The van der Waals surface area contributed by atoms with Gasteiger partial charge in [0.05, 0.1) is 12.2 Å². The van der Waals surface area contributed by atoms with Gasteiger partial charge in [0.2, 0.25) is 0 Å². The Bertz CT molecular complexity index is 1360. The number of nitrogens with zero attached hydrogens (tertiary/aromatic N) is 2. The molecule has 208 valence electrons. The first kappa shape index (κ1) is 27.7. The monoisotopic (exact) mass is 537 g/mol. The Kier molecular flexibility index (Phi) is 8.97. The van der Waals surface area contributed by atoms with E-state index in [1.54, 1.807) is 23.1 Å². The number of likely N-dealkylation sites (tertiary alicyclic amines) is 1. The van der Waals surface area contributed by atoms with E-state index in [0.717, 1.165) is 35.3 Å². The molecule has 6 heteroatoms. The van der Waals surface area contributed by atoms with Gasteiger partial charge in [-0.25, -0.2) is 0 Å². The van der Waals surface area contributed by atoms with Gasteiger partial charge in [0.15, 0.2) is 11.5 Å². The lowest BCUT2D eigenvalue weighted by Gasteiger charge is -2.35. The van der Waals surface area contributed by atoms with Gasteiger partial charge in [0, 0.05) is 24.7 Å². The molecule has 0 radical (unpaired) electrons. The SMILES string of the molecule is CC[C@H]1CCCCN1CCCNC(=O)c1ccc(/C=C2/Oc3ccccc3N(Cc3cccc(C)c3)C2=O)cc1. The van der Waals surface area contributed by atoms with Gasteiger partial charge >= 0.3 is 0 Å². The van der Waals surface area contributed by atoms with Crippen molar-refractivity contribution in [1.82, 2.24) is 10.2 Å². The van der Waals surface area contributed by atoms with Crippen molar-refractivity contribution in [3.05, 3.63) is 101 Å². The third-order valence-corrected chi connectivity index (χ3v) is 7.85. The molecule has 0 aromatic heterocycles. The Morgan fingerprint density at radius 1 is 1.05 bits per heavy atom. The van der Waals surface area contributed by atoms with E-state index in [9.17, 15) is 9.59 Å². The van der Waals surface area contributed by atoms with Crippen LogP contribution in [0.15, 0.2) is 78.6 Å². The lowest BCUT2D eigenvalue weighted by atomic mass is 10.00. The lowest BCUT2D eigenvalue weighted by molar-refractivity contribution is -0.117. The molecule has 2 amide bonds. The van der Waals surface area contributed by atoms with Crippen LogP contribution in [0, 0.1) is 6.92 Å². The molecule has 0 aliphatic carbocycles. The molecule has 3 aromatic carbocycles. The second-order valence-electron chi connectivity index (χ2n) is 10.8. The zero-order chi connectivity index (χ0) is 27.9. The highest BCUT2D eigenvalue weighted by Gasteiger charge is 2.30. The third-order valence-electron chi connectivity index (χ3n) is 7.85. The van der Waals surface area contributed by atoms with Crippen molar-refractivity contribution in [2.24, 2.45) is 0 Å². The van der Waals surface area contributed by atoms with Gasteiger partial charge in [0.25, 0.3) is 11.8 Å². The fraction of sp³-hybridized carbons (Fsp3) is 0.353. The Hall–Kier alpha value is -3.90. The molecular formula is C34H39N3O3. The molecule has 1 fully saturated rings. The first-order valence-corrected chi connectivity index (χ1v) is 14.5. The minimum atomic E-state index is -0.193. The number of amides is 2. The maximum atomic E-state index is 13.5. The van der Waals surface area contributed by atoms with Crippen LogP contribution in [0.3, 0.4) is 0 Å². The number of hydrogen-bond donors (Lipinski definition) is 1. The molecule has 0 bridgehead atoms. The molecule has 2 aliphatic heterocycles. The number of fused-ring (bicyclic) bond motifs is 1. The molecule has 0 unspecified atom stereocenters. The van der Waals surface area contributed by atoms with E-state index >= 15 is 0 Å². The number of carbonyl (C=O) groups excluding carboxylic acids is 2. The average molecular weight is 538 g/mol. The zero-order valence-electron chi connectivity index (χ0n) is 23.6. The summed E-state index contributed by atoms with van der Waals surface area (Å²) in [5, 5.41) is 3.06. The number of nitrogens with one attached hydrogen (secondary N) is 1. The number of piperidine rings is 1. The number of aryl methyl sites for hydroxylation is 1. The summed E-state index contributed by atoms with van der Waals surface area (Å²) in [6.07, 6.45) is 7.79. The smallest absolute Gasteiger partial charge is 0.294 e. The lowest BCUT2D eigenvalue weighted by Crippen LogP contribution is -2.40. The standard InChI is InChI=1S/C34H39N3O3/c1-3-29-12-6-7-20-36(29)21-9-19-35-33(38)28-17-15-26(16-18-28)23-32-34(39)37(24-27-11-8-10-25(2)22-27)30-13-4-5-14-31(30)40-32/h4-5,8,10-11,13-18,22-23,29H,3,6-7,9,12,19-21,24H2,1-2H3,(H,35,38)/b32-23+/t29-/m0/s1. The van der Waals surface area contributed by atoms with Crippen LogP contribution in [0.25, 0.3) is 6.08 Å². The molecule has 0 saturated carbocycles. The normalized spacial score (nSPS) is 18.4. The number of anilines is 1. The topological polar surface area (TPSA) is 61.9 Å². The van der Waals surface area contributed by atoms with Crippen LogP contribution in [0.5, 0.6) is 5.75 Å². The van der Waals surface area contributed by atoms with Crippen molar-refractivity contribution in [3.63, 3.8) is 0 Å². The predicted octanol–water partition coefficient (Wildman–Crippen LogP) is 6.35. The minimum Gasteiger partial charge on any atom is -0.449 e. The summed E-state index contributed by atoms with van der Waals surface area (Å²) in [5.41, 5.74) is 4.36.